The summed E-state index contributed by atoms with van der Waals surface area (Å²) in [5.41, 5.74) is -0.432. The number of carbonyl (C=O) groups is 1. The largest absolute Gasteiger partial charge is 0.460 e. The molecule has 0 rings (SSSR count). The van der Waals surface area contributed by atoms with E-state index in [9.17, 15) is 4.79 Å². The zero-order chi connectivity index (χ0) is 13.5. The minimum atomic E-state index is -0.432. The zero-order valence-electron chi connectivity index (χ0n) is 11.7. The van der Waals surface area contributed by atoms with Crippen LogP contribution in [-0.4, -0.2) is 44.7 Å². The number of carbonyl (C=O) groups excluding carboxylic acids is 1. The monoisotopic (exact) mass is 247 g/mol. The molecule has 0 fully saturated rings. The van der Waals surface area contributed by atoms with Crippen LogP contribution in [-0.2, 0) is 19.0 Å². The van der Waals surface area contributed by atoms with Gasteiger partial charge in [0.25, 0.3) is 0 Å². The summed E-state index contributed by atoms with van der Waals surface area (Å²) in [7, 11) is 3.16. The molecule has 0 bridgehead atoms. The van der Waals surface area contributed by atoms with E-state index in [-0.39, 0.29) is 18.3 Å². The van der Waals surface area contributed by atoms with Crippen molar-refractivity contribution in [3.8, 4) is 0 Å². The van der Waals surface area contributed by atoms with Gasteiger partial charge in [0.2, 0.25) is 0 Å². The molecule has 0 heterocycles. The first kappa shape index (κ1) is 16.4. The minimum Gasteiger partial charge on any atom is -0.460 e. The van der Waals surface area contributed by atoms with Crippen molar-refractivity contribution in [2.75, 3.05) is 20.8 Å². The van der Waals surface area contributed by atoms with Gasteiger partial charge in [-0.3, -0.25) is 4.79 Å². The van der Waals surface area contributed by atoms with Crippen LogP contribution in [0.5, 0.6) is 0 Å². The van der Waals surface area contributed by atoms with Gasteiger partial charge in [-0.2, -0.15) is 0 Å². The van der Waals surface area contributed by atoms with Gasteiger partial charge in [0.05, 0.1) is 6.42 Å². The lowest BCUT2D eigenvalue weighted by molar-refractivity contribution is -0.155. The molecule has 0 aliphatic carbocycles. The molecular weight excluding hydrogens is 222 g/mol. The first-order valence-corrected chi connectivity index (χ1v) is 5.79. The third-order valence-corrected chi connectivity index (χ3v) is 2.05. The number of esters is 1. The molecule has 0 saturated heterocycles. The van der Waals surface area contributed by atoms with Crippen LogP contribution in [0.2, 0.25) is 0 Å². The molecule has 17 heavy (non-hydrogen) atoms. The van der Waals surface area contributed by atoms with Crippen LogP contribution in [0.15, 0.2) is 0 Å². The van der Waals surface area contributed by atoms with E-state index in [1.165, 1.54) is 0 Å². The van der Waals surface area contributed by atoms with Gasteiger partial charge >= 0.3 is 5.97 Å². The molecule has 1 atom stereocenters. The Kier molecular flexibility index (Phi) is 7.34. The minimum absolute atomic E-state index is 0.0256. The van der Waals surface area contributed by atoms with E-state index in [1.54, 1.807) is 14.2 Å². The molecule has 0 aromatic carbocycles. The Morgan fingerprint density at radius 2 is 1.76 bits per heavy atom. The van der Waals surface area contributed by atoms with Crippen LogP contribution in [0, 0.1) is 0 Å². The Morgan fingerprint density at radius 1 is 1.24 bits per heavy atom. The molecule has 102 valence electrons. The van der Waals surface area contributed by atoms with Crippen molar-refractivity contribution in [1.82, 2.24) is 5.32 Å². The molecule has 0 radical (unpaired) electrons. The summed E-state index contributed by atoms with van der Waals surface area (Å²) in [4.78, 5) is 11.5. The van der Waals surface area contributed by atoms with Crippen LogP contribution < -0.4 is 5.32 Å². The van der Waals surface area contributed by atoms with Gasteiger partial charge in [-0.15, -0.1) is 0 Å². The highest BCUT2D eigenvalue weighted by Gasteiger charge is 2.18. The summed E-state index contributed by atoms with van der Waals surface area (Å²) >= 11 is 0. The Hall–Kier alpha value is -0.650. The van der Waals surface area contributed by atoms with E-state index < -0.39 is 5.60 Å². The van der Waals surface area contributed by atoms with Gasteiger partial charge in [0, 0.05) is 26.8 Å². The van der Waals surface area contributed by atoms with Gasteiger partial charge in [0.15, 0.2) is 6.29 Å². The standard InChI is InChI=1S/C12H25NO4/c1-9(13-8-11(15-5)16-6)7-10(14)17-12(2,3)4/h9,11,13H,7-8H2,1-6H3. The third kappa shape index (κ3) is 9.09. The summed E-state index contributed by atoms with van der Waals surface area (Å²) in [6.07, 6.45) is 0.0355. The first-order chi connectivity index (χ1) is 7.78. The molecule has 0 aromatic heterocycles. The summed E-state index contributed by atoms with van der Waals surface area (Å²) in [5.74, 6) is -0.205. The lowest BCUT2D eigenvalue weighted by Crippen LogP contribution is -2.37. The van der Waals surface area contributed by atoms with Crippen LogP contribution in [0.25, 0.3) is 0 Å². The van der Waals surface area contributed by atoms with Gasteiger partial charge in [-0.25, -0.2) is 0 Å². The molecule has 0 aliphatic heterocycles. The number of ether oxygens (including phenoxy) is 3. The van der Waals surface area contributed by atoms with E-state index in [2.05, 4.69) is 5.32 Å². The highest BCUT2D eigenvalue weighted by molar-refractivity contribution is 5.70. The fourth-order valence-corrected chi connectivity index (χ4v) is 1.27. The highest BCUT2D eigenvalue weighted by atomic mass is 16.7. The molecule has 0 saturated carbocycles. The molecule has 1 N–H and O–H groups in total. The molecule has 0 amide bonds. The molecule has 5 heteroatoms. The number of rotatable bonds is 7. The van der Waals surface area contributed by atoms with Crippen LogP contribution in [0.4, 0.5) is 0 Å². The Morgan fingerprint density at radius 3 is 2.18 bits per heavy atom. The number of nitrogens with one attached hydrogen (secondary N) is 1. The van der Waals surface area contributed by atoms with Gasteiger partial charge in [-0.1, -0.05) is 0 Å². The average Bonchev–Trinajstić information content (AvgIpc) is 2.16. The third-order valence-electron chi connectivity index (χ3n) is 2.05. The topological polar surface area (TPSA) is 56.8 Å². The van der Waals surface area contributed by atoms with Crippen LogP contribution in [0.3, 0.4) is 0 Å². The lowest BCUT2D eigenvalue weighted by atomic mass is 10.2. The number of methoxy groups -OCH3 is 2. The van der Waals surface area contributed by atoms with Crippen LogP contribution >= 0.6 is 0 Å². The maximum absolute atomic E-state index is 11.5. The van der Waals surface area contributed by atoms with E-state index in [0.29, 0.717) is 13.0 Å². The highest BCUT2D eigenvalue weighted by Crippen LogP contribution is 2.09. The fourth-order valence-electron chi connectivity index (χ4n) is 1.27. The van der Waals surface area contributed by atoms with Crippen molar-refractivity contribution < 1.29 is 19.0 Å². The second kappa shape index (κ2) is 7.63. The lowest BCUT2D eigenvalue weighted by Gasteiger charge is -2.22. The maximum atomic E-state index is 11.5. The molecule has 0 aromatic rings. The van der Waals surface area contributed by atoms with E-state index in [0.717, 1.165) is 0 Å². The predicted molar refractivity (Wildman–Crippen MR) is 65.7 cm³/mol. The van der Waals surface area contributed by atoms with Gasteiger partial charge in [0.1, 0.15) is 5.60 Å². The second-order valence-electron chi connectivity index (χ2n) is 5.00. The van der Waals surface area contributed by atoms with Gasteiger partial charge < -0.3 is 19.5 Å². The molecule has 1 unspecified atom stereocenters. The van der Waals surface area contributed by atoms with Crippen molar-refractivity contribution >= 4 is 5.97 Å². The smallest absolute Gasteiger partial charge is 0.307 e. The summed E-state index contributed by atoms with van der Waals surface area (Å²) in [5, 5.41) is 3.15. The summed E-state index contributed by atoms with van der Waals surface area (Å²) < 4.78 is 15.3. The SMILES string of the molecule is COC(CNC(C)CC(=O)OC(C)(C)C)OC. The average molecular weight is 247 g/mol. The second-order valence-corrected chi connectivity index (χ2v) is 5.00. The quantitative estimate of drug-likeness (QED) is 0.543. The molecular formula is C12H25NO4. The molecule has 0 aliphatic rings. The van der Waals surface area contributed by atoms with Crippen molar-refractivity contribution in [2.24, 2.45) is 0 Å². The molecule has 5 nitrogen and oxygen atoms in total. The summed E-state index contributed by atoms with van der Waals surface area (Å²) in [6.45, 7) is 8.03. The van der Waals surface area contributed by atoms with E-state index >= 15 is 0 Å². The number of hydrogen-bond acceptors (Lipinski definition) is 5. The van der Waals surface area contributed by atoms with Crippen molar-refractivity contribution in [2.45, 2.75) is 52.0 Å². The summed E-state index contributed by atoms with van der Waals surface area (Å²) in [6, 6.07) is 0.0256. The van der Waals surface area contributed by atoms with E-state index in [1.807, 2.05) is 27.7 Å². The normalized spacial score (nSPS) is 13.8. The Bertz CT molecular complexity index is 221. The predicted octanol–water partition coefficient (Wildman–Crippen LogP) is 1.32. The number of hydrogen-bond donors (Lipinski definition) is 1. The van der Waals surface area contributed by atoms with E-state index in [4.69, 9.17) is 14.2 Å². The first-order valence-electron chi connectivity index (χ1n) is 5.79. The van der Waals surface area contributed by atoms with Gasteiger partial charge in [-0.05, 0) is 27.7 Å². The van der Waals surface area contributed by atoms with Crippen molar-refractivity contribution in [1.29, 1.82) is 0 Å². The maximum Gasteiger partial charge on any atom is 0.307 e. The molecule has 0 spiro atoms. The Labute approximate surface area is 104 Å². The van der Waals surface area contributed by atoms with Crippen molar-refractivity contribution in [3.05, 3.63) is 0 Å². The Balaban J connectivity index is 3.86. The van der Waals surface area contributed by atoms with Crippen molar-refractivity contribution in [3.63, 3.8) is 0 Å². The fraction of sp³-hybridized carbons (Fsp3) is 0.917. The van der Waals surface area contributed by atoms with Crippen LogP contribution in [0.1, 0.15) is 34.1 Å². The zero-order valence-corrected chi connectivity index (χ0v) is 11.7.